The highest BCUT2D eigenvalue weighted by molar-refractivity contribution is 7.71. The van der Waals surface area contributed by atoms with Crippen LogP contribution >= 0.6 is 12.2 Å². The number of nitrogens with one attached hydrogen (secondary N) is 1. The molecule has 0 amide bonds. The van der Waals surface area contributed by atoms with Crippen LogP contribution in [0.1, 0.15) is 20.8 Å². The molecule has 0 saturated carbocycles. The normalized spacial score (nSPS) is 11.7. The maximum Gasteiger partial charge on any atom is 0.195 e. The average molecular weight is 249 g/mol. The molecule has 0 unspecified atom stereocenters. The van der Waals surface area contributed by atoms with Crippen LogP contribution in [0.4, 0.5) is 0 Å². The molecule has 0 atom stereocenters. The molecular formula is C11H15N5S. The molecule has 0 aliphatic carbocycles. The highest BCUT2D eigenvalue weighted by Gasteiger charge is 2.16. The Morgan fingerprint density at radius 2 is 2.12 bits per heavy atom. The number of aromatic amines is 1. The molecule has 6 heteroatoms. The number of H-pyrrole nitrogens is 1. The fourth-order valence-electron chi connectivity index (χ4n) is 1.58. The van der Waals surface area contributed by atoms with Gasteiger partial charge in [-0.2, -0.15) is 15.3 Å². The molecule has 0 radical (unpaired) electrons. The van der Waals surface area contributed by atoms with Crippen molar-refractivity contribution in [2.24, 2.45) is 5.41 Å². The van der Waals surface area contributed by atoms with Crippen LogP contribution < -0.4 is 0 Å². The van der Waals surface area contributed by atoms with Gasteiger partial charge in [0.2, 0.25) is 0 Å². The maximum absolute atomic E-state index is 5.25. The lowest BCUT2D eigenvalue weighted by Crippen LogP contribution is -2.16. The minimum Gasteiger partial charge on any atom is -0.300 e. The second-order valence-electron chi connectivity index (χ2n) is 5.13. The number of aromatic nitrogens is 5. The summed E-state index contributed by atoms with van der Waals surface area (Å²) in [5, 5.41) is 14.7. The summed E-state index contributed by atoms with van der Waals surface area (Å²) in [6.45, 7) is 7.29. The first-order valence-corrected chi connectivity index (χ1v) is 5.80. The Morgan fingerprint density at radius 3 is 2.71 bits per heavy atom. The molecule has 0 spiro atoms. The molecule has 0 aliphatic heterocycles. The van der Waals surface area contributed by atoms with Crippen molar-refractivity contribution < 1.29 is 0 Å². The van der Waals surface area contributed by atoms with Crippen LogP contribution in [0.15, 0.2) is 18.5 Å². The molecule has 2 rings (SSSR count). The van der Waals surface area contributed by atoms with Crippen molar-refractivity contribution in [3.05, 3.63) is 23.2 Å². The van der Waals surface area contributed by atoms with E-state index in [1.54, 1.807) is 12.4 Å². The van der Waals surface area contributed by atoms with Crippen molar-refractivity contribution in [2.75, 3.05) is 0 Å². The monoisotopic (exact) mass is 249 g/mol. The summed E-state index contributed by atoms with van der Waals surface area (Å²) in [5.41, 5.74) is 1.05. The third-order valence-corrected chi connectivity index (χ3v) is 2.54. The van der Waals surface area contributed by atoms with Gasteiger partial charge in [0.15, 0.2) is 10.6 Å². The SMILES string of the molecule is CC(C)(C)Cn1c(-c2ccnnc2)n[nH]c1=S. The zero-order chi connectivity index (χ0) is 12.5. The summed E-state index contributed by atoms with van der Waals surface area (Å²) >= 11 is 5.25. The number of rotatable bonds is 2. The molecule has 0 saturated heterocycles. The predicted molar refractivity (Wildman–Crippen MR) is 67.9 cm³/mol. The molecule has 5 nitrogen and oxygen atoms in total. The smallest absolute Gasteiger partial charge is 0.195 e. The minimum atomic E-state index is 0.136. The van der Waals surface area contributed by atoms with Crippen LogP contribution in [-0.2, 0) is 6.54 Å². The van der Waals surface area contributed by atoms with Gasteiger partial charge >= 0.3 is 0 Å². The predicted octanol–water partition coefficient (Wildman–Crippen LogP) is 2.44. The summed E-state index contributed by atoms with van der Waals surface area (Å²) in [7, 11) is 0. The first kappa shape index (κ1) is 11.9. The molecule has 2 aromatic heterocycles. The van der Waals surface area contributed by atoms with Crippen molar-refractivity contribution in [3.63, 3.8) is 0 Å². The number of nitrogens with zero attached hydrogens (tertiary/aromatic N) is 4. The summed E-state index contributed by atoms with van der Waals surface area (Å²) < 4.78 is 2.62. The van der Waals surface area contributed by atoms with Gasteiger partial charge in [-0.15, -0.1) is 0 Å². The Hall–Kier alpha value is -1.56. The van der Waals surface area contributed by atoms with Crippen LogP contribution in [0.5, 0.6) is 0 Å². The fraction of sp³-hybridized carbons (Fsp3) is 0.455. The highest BCUT2D eigenvalue weighted by Crippen LogP contribution is 2.22. The van der Waals surface area contributed by atoms with Crippen molar-refractivity contribution >= 4 is 12.2 Å². The maximum atomic E-state index is 5.25. The first-order chi connectivity index (χ1) is 7.97. The van der Waals surface area contributed by atoms with Gasteiger partial charge in [-0.3, -0.25) is 9.67 Å². The van der Waals surface area contributed by atoms with Gasteiger partial charge in [-0.05, 0) is 23.7 Å². The fourth-order valence-corrected chi connectivity index (χ4v) is 1.78. The van der Waals surface area contributed by atoms with Crippen molar-refractivity contribution in [1.82, 2.24) is 25.0 Å². The van der Waals surface area contributed by atoms with Crippen LogP contribution in [-0.4, -0.2) is 25.0 Å². The molecule has 2 heterocycles. The standard InChI is InChI=1S/C11H15N5S/c1-11(2,3)7-16-9(14-15-10(16)17)8-4-5-12-13-6-8/h4-6H,7H2,1-3H3,(H,15,17). The van der Waals surface area contributed by atoms with E-state index in [-0.39, 0.29) is 5.41 Å². The van der Waals surface area contributed by atoms with E-state index < -0.39 is 0 Å². The Labute approximate surface area is 105 Å². The van der Waals surface area contributed by atoms with E-state index in [0.29, 0.717) is 4.77 Å². The van der Waals surface area contributed by atoms with E-state index in [1.165, 1.54) is 0 Å². The van der Waals surface area contributed by atoms with Crippen LogP contribution in [0, 0.1) is 10.2 Å². The van der Waals surface area contributed by atoms with Gasteiger partial charge in [0.25, 0.3) is 0 Å². The lowest BCUT2D eigenvalue weighted by atomic mass is 9.97. The van der Waals surface area contributed by atoms with Crippen LogP contribution in [0.3, 0.4) is 0 Å². The highest BCUT2D eigenvalue weighted by atomic mass is 32.1. The number of hydrogen-bond acceptors (Lipinski definition) is 4. The van der Waals surface area contributed by atoms with Gasteiger partial charge in [0, 0.05) is 12.1 Å². The number of hydrogen-bond donors (Lipinski definition) is 1. The Balaban J connectivity index is 2.47. The van der Waals surface area contributed by atoms with Crippen LogP contribution in [0.2, 0.25) is 0 Å². The lowest BCUT2D eigenvalue weighted by molar-refractivity contribution is 0.343. The van der Waals surface area contributed by atoms with E-state index >= 15 is 0 Å². The molecule has 0 bridgehead atoms. The van der Waals surface area contributed by atoms with Crippen molar-refractivity contribution in [1.29, 1.82) is 0 Å². The Morgan fingerprint density at radius 1 is 1.35 bits per heavy atom. The molecule has 1 N–H and O–H groups in total. The first-order valence-electron chi connectivity index (χ1n) is 5.40. The van der Waals surface area contributed by atoms with Gasteiger partial charge < -0.3 is 0 Å². The summed E-state index contributed by atoms with van der Waals surface area (Å²) in [4.78, 5) is 0. The summed E-state index contributed by atoms with van der Waals surface area (Å²) in [6.07, 6.45) is 3.33. The van der Waals surface area contributed by atoms with Gasteiger partial charge in [-0.25, -0.2) is 0 Å². The van der Waals surface area contributed by atoms with E-state index in [1.807, 2.05) is 10.6 Å². The van der Waals surface area contributed by atoms with E-state index in [9.17, 15) is 0 Å². The van der Waals surface area contributed by atoms with Crippen molar-refractivity contribution in [3.8, 4) is 11.4 Å². The second-order valence-corrected chi connectivity index (χ2v) is 5.52. The third-order valence-electron chi connectivity index (χ3n) is 2.23. The lowest BCUT2D eigenvalue weighted by Gasteiger charge is -2.19. The molecule has 0 fully saturated rings. The molecular weight excluding hydrogens is 234 g/mol. The molecule has 17 heavy (non-hydrogen) atoms. The molecule has 2 aromatic rings. The molecule has 90 valence electrons. The van der Waals surface area contributed by atoms with Gasteiger partial charge in [-0.1, -0.05) is 20.8 Å². The zero-order valence-electron chi connectivity index (χ0n) is 10.1. The van der Waals surface area contributed by atoms with Crippen molar-refractivity contribution in [2.45, 2.75) is 27.3 Å². The Bertz CT molecular complexity index is 549. The third kappa shape index (κ3) is 2.76. The summed E-state index contributed by atoms with van der Waals surface area (Å²) in [5.74, 6) is 0.805. The van der Waals surface area contributed by atoms with E-state index in [4.69, 9.17) is 12.2 Å². The largest absolute Gasteiger partial charge is 0.300 e. The van der Waals surface area contributed by atoms with E-state index in [0.717, 1.165) is 17.9 Å². The topological polar surface area (TPSA) is 59.4 Å². The second kappa shape index (κ2) is 4.37. The van der Waals surface area contributed by atoms with E-state index in [2.05, 4.69) is 41.2 Å². The van der Waals surface area contributed by atoms with Gasteiger partial charge in [0.05, 0.1) is 12.4 Å². The zero-order valence-corrected chi connectivity index (χ0v) is 11.0. The quantitative estimate of drug-likeness (QED) is 0.830. The van der Waals surface area contributed by atoms with Crippen LogP contribution in [0.25, 0.3) is 11.4 Å². The average Bonchev–Trinajstić information content (AvgIpc) is 2.60. The summed E-state index contributed by atoms with van der Waals surface area (Å²) in [6, 6.07) is 1.87. The molecule has 0 aromatic carbocycles. The minimum absolute atomic E-state index is 0.136. The molecule has 0 aliphatic rings. The van der Waals surface area contributed by atoms with Gasteiger partial charge in [0.1, 0.15) is 0 Å². The Kier molecular flexibility index (Phi) is 3.06.